The molecule has 0 amide bonds. The lowest BCUT2D eigenvalue weighted by atomic mass is 9.98. The number of nitrogens with zero attached hydrogens (tertiary/aromatic N) is 1. The number of methoxy groups -OCH3 is 3. The number of aliphatic carboxylic acids is 1. The van der Waals surface area contributed by atoms with Crippen LogP contribution in [0.15, 0.2) is 140 Å². The van der Waals surface area contributed by atoms with E-state index >= 15 is 0 Å². The van der Waals surface area contributed by atoms with E-state index in [9.17, 15) is 29.3 Å². The summed E-state index contributed by atoms with van der Waals surface area (Å²) in [6.07, 6.45) is 0.976. The second-order valence-corrected chi connectivity index (χ2v) is 15.4. The van der Waals surface area contributed by atoms with Gasteiger partial charge in [-0.15, -0.1) is 10.1 Å². The molecular formula is C53H53NO13. The molecule has 0 unspecified atom stereocenters. The van der Waals surface area contributed by atoms with Crippen molar-refractivity contribution in [3.63, 3.8) is 0 Å². The molecule has 0 radical (unpaired) electrons. The van der Waals surface area contributed by atoms with Gasteiger partial charge in [-0.05, 0) is 131 Å². The molecule has 7 rings (SSSR count). The van der Waals surface area contributed by atoms with E-state index < -0.39 is 34.8 Å². The topological polar surface area (TPSA) is 187 Å². The third kappa shape index (κ3) is 14.2. The molecule has 0 aliphatic carbocycles. The number of hydrogen-bond acceptors (Lipinski definition) is 12. The molecule has 348 valence electrons. The highest BCUT2D eigenvalue weighted by atomic mass is 16.9. The number of benzene rings is 7. The molecule has 0 saturated heterocycles. The number of rotatable bonds is 16. The summed E-state index contributed by atoms with van der Waals surface area (Å²) >= 11 is 0. The van der Waals surface area contributed by atoms with Crippen LogP contribution in [-0.4, -0.2) is 68.6 Å². The maximum absolute atomic E-state index is 12.3. The number of unbranched alkanes of at least 4 members (excludes halogenated alkanes) is 1. The average molecular weight is 912 g/mol. The Balaban J connectivity index is 0.000000192. The number of fused-ring (bicyclic) bond motifs is 3. The van der Waals surface area contributed by atoms with Crippen LogP contribution in [0.5, 0.6) is 17.2 Å². The van der Waals surface area contributed by atoms with Gasteiger partial charge in [0.2, 0.25) is 0 Å². The van der Waals surface area contributed by atoms with Crippen LogP contribution in [0.1, 0.15) is 78.4 Å². The number of carbonyl (C=O) groups is 4. The van der Waals surface area contributed by atoms with E-state index in [0.717, 1.165) is 66.3 Å². The first-order chi connectivity index (χ1) is 32.2. The maximum Gasteiger partial charge on any atom is 0.345 e. The van der Waals surface area contributed by atoms with E-state index in [2.05, 4.69) is 4.84 Å². The Morgan fingerprint density at radius 2 is 0.910 bits per heavy atom. The van der Waals surface area contributed by atoms with Gasteiger partial charge in [0.05, 0.1) is 57.9 Å². The molecule has 7 aromatic carbocycles. The van der Waals surface area contributed by atoms with Crippen molar-refractivity contribution < 1.29 is 57.9 Å². The molecule has 14 nitrogen and oxygen atoms in total. The van der Waals surface area contributed by atoms with E-state index in [1.807, 2.05) is 109 Å². The summed E-state index contributed by atoms with van der Waals surface area (Å²) in [5.74, 6) is -1.38. The number of carboxylic acid groups (broad SMARTS) is 1. The number of carboxylic acids is 1. The van der Waals surface area contributed by atoms with Crippen molar-refractivity contribution in [1.82, 2.24) is 0 Å². The Hall–Kier alpha value is -8.00. The zero-order valence-corrected chi connectivity index (χ0v) is 38.1. The second kappa shape index (κ2) is 24.3. The first-order valence-electron chi connectivity index (χ1n) is 21.4. The molecule has 0 saturated carbocycles. The quantitative estimate of drug-likeness (QED) is 0.0317. The molecule has 0 aliphatic rings. The van der Waals surface area contributed by atoms with Crippen LogP contribution in [-0.2, 0) is 28.7 Å². The maximum atomic E-state index is 12.3. The summed E-state index contributed by atoms with van der Waals surface area (Å²) in [7, 11) is 4.87. The fourth-order valence-corrected chi connectivity index (χ4v) is 6.78. The third-order valence-corrected chi connectivity index (χ3v) is 11.0. The SMILES string of the molecule is COc1ccc2cc([C@H](C)C(=O)O)ccc2c1.COc1ccc2cc([C@H](C)C(=O)OC(=O)c3ccccc3)ccc2c1.COc1ccc2cc([C@H](C)C(=O)OCCCCO[N+](=O)[O-])ccc2c1. The van der Waals surface area contributed by atoms with Gasteiger partial charge in [-0.3, -0.25) is 14.4 Å². The Bertz CT molecular complexity index is 2830. The number of esters is 3. The lowest BCUT2D eigenvalue weighted by molar-refractivity contribution is -0.757. The molecular weight excluding hydrogens is 859 g/mol. The molecule has 7 aromatic rings. The zero-order valence-electron chi connectivity index (χ0n) is 38.1. The normalized spacial score (nSPS) is 11.9. The molecule has 1 N–H and O–H groups in total. The largest absolute Gasteiger partial charge is 0.497 e. The zero-order chi connectivity index (χ0) is 48.5. The summed E-state index contributed by atoms with van der Waals surface area (Å²) < 4.78 is 25.8. The van der Waals surface area contributed by atoms with Gasteiger partial charge in [0.15, 0.2) is 0 Å². The van der Waals surface area contributed by atoms with Crippen molar-refractivity contribution in [3.8, 4) is 17.2 Å². The Kier molecular flexibility index (Phi) is 18.2. The summed E-state index contributed by atoms with van der Waals surface area (Å²) in [5.41, 5.74) is 2.84. The van der Waals surface area contributed by atoms with Crippen LogP contribution < -0.4 is 14.2 Å². The summed E-state index contributed by atoms with van der Waals surface area (Å²) in [5, 5.41) is 24.3. The second-order valence-electron chi connectivity index (χ2n) is 15.4. The lowest BCUT2D eigenvalue weighted by Crippen LogP contribution is -2.18. The van der Waals surface area contributed by atoms with Crippen LogP contribution in [0.4, 0.5) is 0 Å². The lowest BCUT2D eigenvalue weighted by Gasteiger charge is -2.13. The molecule has 0 fully saturated rings. The fraction of sp³-hybridized carbons (Fsp3) is 0.245. The summed E-state index contributed by atoms with van der Waals surface area (Å²) in [6.45, 7) is 5.43. The van der Waals surface area contributed by atoms with Crippen molar-refractivity contribution in [2.24, 2.45) is 0 Å². The highest BCUT2D eigenvalue weighted by Gasteiger charge is 2.22. The molecule has 67 heavy (non-hydrogen) atoms. The number of ether oxygens (including phenoxy) is 5. The van der Waals surface area contributed by atoms with Crippen LogP contribution in [0.2, 0.25) is 0 Å². The molecule has 0 heterocycles. The van der Waals surface area contributed by atoms with E-state index in [-0.39, 0.29) is 25.1 Å². The smallest absolute Gasteiger partial charge is 0.345 e. The molecule has 0 aromatic heterocycles. The van der Waals surface area contributed by atoms with Gasteiger partial charge in [-0.2, -0.15) is 0 Å². The van der Waals surface area contributed by atoms with Crippen LogP contribution >= 0.6 is 0 Å². The Labute approximate surface area is 388 Å². The predicted octanol–water partition coefficient (Wildman–Crippen LogP) is 10.9. The molecule has 0 bridgehead atoms. The monoisotopic (exact) mass is 911 g/mol. The van der Waals surface area contributed by atoms with Crippen LogP contribution in [0.25, 0.3) is 32.3 Å². The van der Waals surface area contributed by atoms with E-state index in [1.54, 1.807) is 72.4 Å². The minimum atomic E-state index is -0.830. The van der Waals surface area contributed by atoms with Crippen LogP contribution in [0.3, 0.4) is 0 Å². The van der Waals surface area contributed by atoms with Gasteiger partial charge in [-0.25, -0.2) is 4.79 Å². The Morgan fingerprint density at radius 3 is 1.33 bits per heavy atom. The van der Waals surface area contributed by atoms with Gasteiger partial charge < -0.3 is 33.6 Å². The van der Waals surface area contributed by atoms with Crippen molar-refractivity contribution in [2.75, 3.05) is 34.5 Å². The van der Waals surface area contributed by atoms with Crippen molar-refractivity contribution in [3.05, 3.63) is 172 Å². The number of carbonyl (C=O) groups excluding carboxylic acids is 3. The van der Waals surface area contributed by atoms with Crippen molar-refractivity contribution in [1.29, 1.82) is 0 Å². The van der Waals surface area contributed by atoms with Crippen molar-refractivity contribution >= 4 is 56.2 Å². The van der Waals surface area contributed by atoms with Crippen LogP contribution in [0, 0.1) is 10.1 Å². The van der Waals surface area contributed by atoms with Crippen molar-refractivity contribution in [2.45, 2.75) is 51.4 Å². The average Bonchev–Trinajstić information content (AvgIpc) is 3.35. The molecule has 3 atom stereocenters. The highest BCUT2D eigenvalue weighted by molar-refractivity contribution is 5.98. The summed E-state index contributed by atoms with van der Waals surface area (Å²) in [4.78, 5) is 61.6. The summed E-state index contributed by atoms with van der Waals surface area (Å²) in [6, 6.07) is 42.9. The standard InChI is InChI=1S/C21H18O4.C18H21NO6.C14H14O3/c1-14(20(22)25-21(23)15-6-4-3-5-7-15)16-8-9-18-13-19(24-2)11-10-17(18)12-16;1-13(18(20)24-9-3-4-10-25-19(21)22)14-5-6-16-12-17(23-2)8-7-15(16)11-14;1-9(14(15)16)10-3-4-12-8-13(17-2)6-5-11(12)7-10/h3-14H,1-2H3;5-8,11-13H,3-4,9-10H2,1-2H3;3-9H,1-2H3,(H,15,16)/t14-;13-;9-/m000/s1. The van der Waals surface area contributed by atoms with Gasteiger partial charge in [0, 0.05) is 0 Å². The van der Waals surface area contributed by atoms with Gasteiger partial charge in [0.1, 0.15) is 17.2 Å². The third-order valence-electron chi connectivity index (χ3n) is 11.0. The fourth-order valence-electron chi connectivity index (χ4n) is 6.78. The van der Waals surface area contributed by atoms with Gasteiger partial charge >= 0.3 is 23.9 Å². The van der Waals surface area contributed by atoms with Gasteiger partial charge in [0.25, 0.3) is 5.09 Å². The minimum absolute atomic E-state index is 0.00818. The Morgan fingerprint density at radius 1 is 0.522 bits per heavy atom. The first-order valence-corrected chi connectivity index (χ1v) is 21.4. The van der Waals surface area contributed by atoms with Gasteiger partial charge in [-0.1, -0.05) is 91.0 Å². The highest BCUT2D eigenvalue weighted by Crippen LogP contribution is 2.28. The predicted molar refractivity (Wildman–Crippen MR) is 254 cm³/mol. The number of hydrogen-bond donors (Lipinski definition) is 1. The molecule has 14 heteroatoms. The molecule has 0 spiro atoms. The van der Waals surface area contributed by atoms with E-state index in [4.69, 9.17) is 28.8 Å². The van der Waals surface area contributed by atoms with E-state index in [0.29, 0.717) is 18.4 Å². The minimum Gasteiger partial charge on any atom is -0.497 e. The first kappa shape index (κ1) is 50.0. The van der Waals surface area contributed by atoms with E-state index in [1.165, 1.54) is 0 Å². The molecule has 0 aliphatic heterocycles.